The third kappa shape index (κ3) is 3.77. The van der Waals surface area contributed by atoms with Crippen LogP contribution in [0.15, 0.2) is 0 Å². The van der Waals surface area contributed by atoms with Gasteiger partial charge < -0.3 is 20.5 Å². The SMILES string of the molecule is COC1(CNC(=O)COCCN)CCC1. The Morgan fingerprint density at radius 1 is 1.53 bits per heavy atom. The molecular weight excluding hydrogens is 196 g/mol. The van der Waals surface area contributed by atoms with Gasteiger partial charge in [0.15, 0.2) is 0 Å². The molecule has 0 unspecified atom stereocenters. The minimum absolute atomic E-state index is 0.0804. The van der Waals surface area contributed by atoms with Crippen LogP contribution in [0.1, 0.15) is 19.3 Å². The number of nitrogens with two attached hydrogens (primary N) is 1. The van der Waals surface area contributed by atoms with Gasteiger partial charge in [0.25, 0.3) is 0 Å². The van der Waals surface area contributed by atoms with Gasteiger partial charge in [-0.1, -0.05) is 0 Å². The molecule has 0 spiro atoms. The van der Waals surface area contributed by atoms with E-state index in [1.54, 1.807) is 7.11 Å². The Bertz CT molecular complexity index is 199. The Kier molecular flexibility index (Phi) is 5.01. The fraction of sp³-hybridized carbons (Fsp3) is 0.900. The first-order valence-corrected chi connectivity index (χ1v) is 5.32. The Morgan fingerprint density at radius 2 is 2.27 bits per heavy atom. The molecule has 1 amide bonds. The van der Waals surface area contributed by atoms with Gasteiger partial charge in [-0.3, -0.25) is 4.79 Å². The number of carbonyl (C=O) groups excluding carboxylic acids is 1. The summed E-state index contributed by atoms with van der Waals surface area (Å²) in [5.41, 5.74) is 5.11. The first kappa shape index (κ1) is 12.4. The minimum Gasteiger partial charge on any atom is -0.376 e. The first-order chi connectivity index (χ1) is 7.22. The Labute approximate surface area is 90.3 Å². The van der Waals surface area contributed by atoms with Gasteiger partial charge in [-0.05, 0) is 19.3 Å². The zero-order valence-electron chi connectivity index (χ0n) is 9.25. The van der Waals surface area contributed by atoms with Gasteiger partial charge in [-0.15, -0.1) is 0 Å². The van der Waals surface area contributed by atoms with Gasteiger partial charge in [0, 0.05) is 20.2 Å². The summed E-state index contributed by atoms with van der Waals surface area (Å²) in [4.78, 5) is 11.3. The number of carbonyl (C=O) groups is 1. The van der Waals surface area contributed by atoms with E-state index in [1.807, 2.05) is 0 Å². The third-order valence-corrected chi connectivity index (χ3v) is 2.80. The lowest BCUT2D eigenvalue weighted by atomic mass is 9.80. The molecule has 1 aliphatic rings. The molecule has 1 saturated carbocycles. The zero-order chi connectivity index (χ0) is 11.1. The highest BCUT2D eigenvalue weighted by molar-refractivity contribution is 5.77. The van der Waals surface area contributed by atoms with Crippen LogP contribution in [-0.4, -0.2) is 44.9 Å². The van der Waals surface area contributed by atoms with Crippen LogP contribution in [0.2, 0.25) is 0 Å². The summed E-state index contributed by atoms with van der Waals surface area (Å²) < 4.78 is 10.4. The predicted octanol–water partition coefficient (Wildman–Crippen LogP) is -0.353. The number of hydrogen-bond acceptors (Lipinski definition) is 4. The van der Waals surface area contributed by atoms with Gasteiger partial charge in [-0.25, -0.2) is 0 Å². The van der Waals surface area contributed by atoms with Gasteiger partial charge in [0.2, 0.25) is 5.91 Å². The van der Waals surface area contributed by atoms with E-state index in [4.69, 9.17) is 15.2 Å². The van der Waals surface area contributed by atoms with Gasteiger partial charge in [0.1, 0.15) is 6.61 Å². The highest BCUT2D eigenvalue weighted by Gasteiger charge is 2.37. The largest absolute Gasteiger partial charge is 0.376 e. The summed E-state index contributed by atoms with van der Waals surface area (Å²) in [5, 5.41) is 2.81. The Hall–Kier alpha value is -0.650. The number of ether oxygens (including phenoxy) is 2. The van der Waals surface area contributed by atoms with Crippen molar-refractivity contribution in [3.05, 3.63) is 0 Å². The molecule has 0 saturated heterocycles. The highest BCUT2D eigenvalue weighted by atomic mass is 16.5. The van der Waals surface area contributed by atoms with Crippen LogP contribution in [0.5, 0.6) is 0 Å². The lowest BCUT2D eigenvalue weighted by Crippen LogP contribution is -2.50. The van der Waals surface area contributed by atoms with Crippen molar-refractivity contribution in [2.45, 2.75) is 24.9 Å². The molecular formula is C10H20N2O3. The fourth-order valence-electron chi connectivity index (χ4n) is 1.58. The number of hydrogen-bond donors (Lipinski definition) is 2. The van der Waals surface area contributed by atoms with Crippen molar-refractivity contribution in [1.82, 2.24) is 5.32 Å². The molecule has 0 aromatic rings. The molecule has 0 aromatic carbocycles. The van der Waals surface area contributed by atoms with Crippen LogP contribution >= 0.6 is 0 Å². The van der Waals surface area contributed by atoms with Gasteiger partial charge >= 0.3 is 0 Å². The fourth-order valence-corrected chi connectivity index (χ4v) is 1.58. The van der Waals surface area contributed by atoms with Crippen molar-refractivity contribution >= 4 is 5.91 Å². The second-order valence-corrected chi connectivity index (χ2v) is 3.86. The van der Waals surface area contributed by atoms with Crippen molar-refractivity contribution in [1.29, 1.82) is 0 Å². The molecule has 0 radical (unpaired) electrons. The van der Waals surface area contributed by atoms with Crippen LogP contribution in [-0.2, 0) is 14.3 Å². The van der Waals surface area contributed by atoms with E-state index < -0.39 is 0 Å². The summed E-state index contributed by atoms with van der Waals surface area (Å²) in [6, 6.07) is 0. The Balaban J connectivity index is 2.10. The minimum atomic E-state index is -0.122. The molecule has 5 heteroatoms. The molecule has 1 aliphatic carbocycles. The highest BCUT2D eigenvalue weighted by Crippen LogP contribution is 2.34. The Morgan fingerprint density at radius 3 is 2.73 bits per heavy atom. The quantitative estimate of drug-likeness (QED) is 0.570. The van der Waals surface area contributed by atoms with Crippen LogP contribution in [0.25, 0.3) is 0 Å². The molecule has 15 heavy (non-hydrogen) atoms. The van der Waals surface area contributed by atoms with Gasteiger partial charge in [-0.2, -0.15) is 0 Å². The van der Waals surface area contributed by atoms with Crippen LogP contribution in [0.4, 0.5) is 0 Å². The second kappa shape index (κ2) is 6.05. The monoisotopic (exact) mass is 216 g/mol. The average molecular weight is 216 g/mol. The van der Waals surface area contributed by atoms with Crippen LogP contribution < -0.4 is 11.1 Å². The topological polar surface area (TPSA) is 73.6 Å². The number of methoxy groups -OCH3 is 1. The van der Waals surface area contributed by atoms with E-state index in [1.165, 1.54) is 6.42 Å². The van der Waals surface area contributed by atoms with Crippen molar-refractivity contribution in [2.75, 3.05) is 33.4 Å². The lowest BCUT2D eigenvalue weighted by molar-refractivity contribution is -0.129. The van der Waals surface area contributed by atoms with Crippen molar-refractivity contribution in [3.63, 3.8) is 0 Å². The van der Waals surface area contributed by atoms with Crippen LogP contribution in [0.3, 0.4) is 0 Å². The van der Waals surface area contributed by atoms with E-state index in [0.29, 0.717) is 19.7 Å². The lowest BCUT2D eigenvalue weighted by Gasteiger charge is -2.40. The molecule has 0 heterocycles. The van der Waals surface area contributed by atoms with E-state index >= 15 is 0 Å². The van der Waals surface area contributed by atoms with Crippen LogP contribution in [0, 0.1) is 0 Å². The van der Waals surface area contributed by atoms with Crippen molar-refractivity contribution in [2.24, 2.45) is 5.73 Å². The molecule has 1 rings (SSSR count). The molecule has 88 valence electrons. The summed E-state index contributed by atoms with van der Waals surface area (Å²) in [7, 11) is 1.69. The van der Waals surface area contributed by atoms with E-state index in [0.717, 1.165) is 12.8 Å². The molecule has 5 nitrogen and oxygen atoms in total. The second-order valence-electron chi connectivity index (χ2n) is 3.86. The van der Waals surface area contributed by atoms with E-state index in [9.17, 15) is 4.79 Å². The van der Waals surface area contributed by atoms with Crippen molar-refractivity contribution < 1.29 is 14.3 Å². The standard InChI is InChI=1S/C10H20N2O3/c1-14-10(3-2-4-10)8-12-9(13)7-15-6-5-11/h2-8,11H2,1H3,(H,12,13). The maximum Gasteiger partial charge on any atom is 0.246 e. The molecule has 0 atom stereocenters. The average Bonchev–Trinajstić information content (AvgIpc) is 2.17. The summed E-state index contributed by atoms with van der Waals surface area (Å²) in [6.45, 7) is 1.52. The predicted molar refractivity (Wildman–Crippen MR) is 56.5 cm³/mol. The van der Waals surface area contributed by atoms with E-state index in [-0.39, 0.29) is 18.1 Å². The zero-order valence-corrected chi connectivity index (χ0v) is 9.25. The molecule has 3 N–H and O–H groups in total. The number of nitrogens with one attached hydrogen (secondary N) is 1. The van der Waals surface area contributed by atoms with E-state index in [2.05, 4.69) is 5.32 Å². The number of rotatable bonds is 7. The molecule has 0 bridgehead atoms. The summed E-state index contributed by atoms with van der Waals surface area (Å²) in [5.74, 6) is -0.105. The smallest absolute Gasteiger partial charge is 0.246 e. The number of amides is 1. The third-order valence-electron chi connectivity index (χ3n) is 2.80. The summed E-state index contributed by atoms with van der Waals surface area (Å²) in [6.07, 6.45) is 3.22. The molecule has 1 fully saturated rings. The van der Waals surface area contributed by atoms with Crippen molar-refractivity contribution in [3.8, 4) is 0 Å². The summed E-state index contributed by atoms with van der Waals surface area (Å²) >= 11 is 0. The first-order valence-electron chi connectivity index (χ1n) is 5.32. The van der Waals surface area contributed by atoms with Gasteiger partial charge in [0.05, 0.1) is 12.2 Å². The normalized spacial score (nSPS) is 18.3. The maximum absolute atomic E-state index is 11.3. The maximum atomic E-state index is 11.3. The molecule has 0 aliphatic heterocycles. The molecule has 0 aromatic heterocycles.